The molecule has 25 heavy (non-hydrogen) atoms. The monoisotopic (exact) mass is 361 g/mol. The standard InChI is InChI=1S/C18H17F2N3OS/c1-18(24,13-6-8-14(19)9-7-13)11-21-17-23-22-16(25-17)10-12-4-2-3-5-15(12)20/h2-9,24H,10-11H2,1H3,(H,21,23). The lowest BCUT2D eigenvalue weighted by Crippen LogP contribution is -2.30. The Hall–Kier alpha value is -2.38. The fourth-order valence-corrected chi connectivity index (χ4v) is 3.12. The molecule has 1 heterocycles. The van der Waals surface area contributed by atoms with E-state index in [0.29, 0.717) is 27.7 Å². The molecule has 0 spiro atoms. The smallest absolute Gasteiger partial charge is 0.205 e. The molecule has 0 fully saturated rings. The number of hydrogen-bond donors (Lipinski definition) is 2. The largest absolute Gasteiger partial charge is 0.384 e. The van der Waals surface area contributed by atoms with Crippen LogP contribution in [0.5, 0.6) is 0 Å². The number of rotatable bonds is 6. The van der Waals surface area contributed by atoms with E-state index in [1.165, 1.54) is 29.5 Å². The summed E-state index contributed by atoms with van der Waals surface area (Å²) in [7, 11) is 0. The van der Waals surface area contributed by atoms with E-state index in [9.17, 15) is 13.9 Å². The molecule has 0 aliphatic heterocycles. The van der Waals surface area contributed by atoms with E-state index < -0.39 is 5.60 Å². The second-order valence-corrected chi connectivity index (χ2v) is 6.97. The maximum absolute atomic E-state index is 13.7. The number of aliphatic hydroxyl groups is 1. The molecule has 2 N–H and O–H groups in total. The maximum Gasteiger partial charge on any atom is 0.205 e. The minimum Gasteiger partial charge on any atom is -0.384 e. The van der Waals surface area contributed by atoms with Gasteiger partial charge >= 0.3 is 0 Å². The van der Waals surface area contributed by atoms with Gasteiger partial charge in [0, 0.05) is 13.0 Å². The van der Waals surface area contributed by atoms with Crippen molar-refractivity contribution in [1.29, 1.82) is 0 Å². The maximum atomic E-state index is 13.7. The highest BCUT2D eigenvalue weighted by molar-refractivity contribution is 7.15. The summed E-state index contributed by atoms with van der Waals surface area (Å²) in [5.74, 6) is -0.624. The minimum atomic E-state index is -1.19. The van der Waals surface area contributed by atoms with Crippen LogP contribution >= 0.6 is 11.3 Å². The topological polar surface area (TPSA) is 58.0 Å². The highest BCUT2D eigenvalue weighted by Crippen LogP contribution is 2.24. The van der Waals surface area contributed by atoms with E-state index in [1.807, 2.05) is 0 Å². The highest BCUT2D eigenvalue weighted by Gasteiger charge is 2.23. The zero-order valence-electron chi connectivity index (χ0n) is 13.5. The van der Waals surface area contributed by atoms with Crippen LogP contribution in [0.25, 0.3) is 0 Å². The Kier molecular flexibility index (Phi) is 5.06. The molecule has 7 heteroatoms. The van der Waals surface area contributed by atoms with Crippen molar-refractivity contribution in [1.82, 2.24) is 10.2 Å². The van der Waals surface area contributed by atoms with Gasteiger partial charge < -0.3 is 10.4 Å². The molecule has 0 aliphatic carbocycles. The minimum absolute atomic E-state index is 0.187. The van der Waals surface area contributed by atoms with Gasteiger partial charge in [0.25, 0.3) is 0 Å². The first-order valence-electron chi connectivity index (χ1n) is 7.72. The van der Waals surface area contributed by atoms with Crippen LogP contribution in [0.3, 0.4) is 0 Å². The summed E-state index contributed by atoms with van der Waals surface area (Å²) >= 11 is 1.30. The first kappa shape index (κ1) is 17.4. The van der Waals surface area contributed by atoms with Crippen LogP contribution < -0.4 is 5.32 Å². The molecule has 0 aliphatic rings. The Labute approximate surface area is 148 Å². The summed E-state index contributed by atoms with van der Waals surface area (Å²) < 4.78 is 26.7. The van der Waals surface area contributed by atoms with Gasteiger partial charge in [-0.25, -0.2) is 8.78 Å². The van der Waals surface area contributed by atoms with Gasteiger partial charge in [-0.1, -0.05) is 41.7 Å². The van der Waals surface area contributed by atoms with Gasteiger partial charge in [0.2, 0.25) is 5.13 Å². The highest BCUT2D eigenvalue weighted by atomic mass is 32.1. The molecule has 0 amide bonds. The number of benzene rings is 2. The molecule has 1 unspecified atom stereocenters. The fraction of sp³-hybridized carbons (Fsp3) is 0.222. The van der Waals surface area contributed by atoms with E-state index in [4.69, 9.17) is 0 Å². The normalized spacial score (nSPS) is 13.4. The lowest BCUT2D eigenvalue weighted by atomic mass is 9.96. The Balaban J connectivity index is 1.63. The molecule has 2 aromatic carbocycles. The number of anilines is 1. The van der Waals surface area contributed by atoms with Gasteiger partial charge in [0.15, 0.2) is 0 Å². The molecule has 1 atom stereocenters. The van der Waals surface area contributed by atoms with Crippen molar-refractivity contribution < 1.29 is 13.9 Å². The second-order valence-electron chi connectivity index (χ2n) is 5.90. The van der Waals surface area contributed by atoms with Crippen molar-refractivity contribution in [3.05, 3.63) is 76.3 Å². The van der Waals surface area contributed by atoms with Crippen LogP contribution in [-0.4, -0.2) is 21.8 Å². The summed E-state index contributed by atoms with van der Waals surface area (Å²) in [4.78, 5) is 0. The van der Waals surface area contributed by atoms with E-state index in [0.717, 1.165) is 0 Å². The summed E-state index contributed by atoms with van der Waals surface area (Å²) in [6.07, 6.45) is 0.361. The summed E-state index contributed by atoms with van der Waals surface area (Å²) in [6.45, 7) is 1.82. The SMILES string of the molecule is CC(O)(CNc1nnc(Cc2ccccc2F)s1)c1ccc(F)cc1. The van der Waals surface area contributed by atoms with Crippen molar-refractivity contribution >= 4 is 16.5 Å². The third-order valence-electron chi connectivity index (χ3n) is 3.82. The van der Waals surface area contributed by atoms with Crippen LogP contribution in [0.4, 0.5) is 13.9 Å². The lowest BCUT2D eigenvalue weighted by molar-refractivity contribution is 0.0714. The zero-order chi connectivity index (χ0) is 17.9. The molecule has 3 aromatic rings. The Morgan fingerprint density at radius 3 is 2.52 bits per heavy atom. The van der Waals surface area contributed by atoms with Gasteiger partial charge in [-0.2, -0.15) is 0 Å². The van der Waals surface area contributed by atoms with Gasteiger partial charge in [-0.15, -0.1) is 10.2 Å². The van der Waals surface area contributed by atoms with Gasteiger partial charge in [0.1, 0.15) is 22.2 Å². The molecule has 0 saturated carbocycles. The Morgan fingerprint density at radius 2 is 1.80 bits per heavy atom. The summed E-state index contributed by atoms with van der Waals surface area (Å²) in [6, 6.07) is 12.2. The molecule has 130 valence electrons. The first-order valence-corrected chi connectivity index (χ1v) is 8.54. The zero-order valence-corrected chi connectivity index (χ0v) is 14.4. The molecule has 4 nitrogen and oxygen atoms in total. The van der Waals surface area contributed by atoms with Crippen molar-refractivity contribution in [2.45, 2.75) is 18.9 Å². The number of hydrogen-bond acceptors (Lipinski definition) is 5. The second kappa shape index (κ2) is 7.25. The molecule has 0 bridgehead atoms. The predicted molar refractivity (Wildman–Crippen MR) is 93.6 cm³/mol. The van der Waals surface area contributed by atoms with Crippen LogP contribution in [0.2, 0.25) is 0 Å². The number of aromatic nitrogens is 2. The molecular formula is C18H17F2N3OS. The average molecular weight is 361 g/mol. The fourth-order valence-electron chi connectivity index (χ4n) is 2.36. The average Bonchev–Trinajstić information content (AvgIpc) is 3.03. The first-order chi connectivity index (χ1) is 11.9. The van der Waals surface area contributed by atoms with Crippen LogP contribution in [0.1, 0.15) is 23.1 Å². The number of nitrogens with one attached hydrogen (secondary N) is 1. The lowest BCUT2D eigenvalue weighted by Gasteiger charge is -2.23. The quantitative estimate of drug-likeness (QED) is 0.702. The van der Waals surface area contributed by atoms with Gasteiger partial charge in [-0.05, 0) is 36.2 Å². The summed E-state index contributed by atoms with van der Waals surface area (Å²) in [5, 5.41) is 22.8. The Bertz CT molecular complexity index is 850. The third-order valence-corrected chi connectivity index (χ3v) is 4.70. The van der Waals surface area contributed by atoms with Crippen molar-refractivity contribution in [3.8, 4) is 0 Å². The van der Waals surface area contributed by atoms with Crippen LogP contribution in [-0.2, 0) is 12.0 Å². The third kappa shape index (κ3) is 4.37. The van der Waals surface area contributed by atoms with E-state index >= 15 is 0 Å². The van der Waals surface area contributed by atoms with E-state index in [-0.39, 0.29) is 18.2 Å². The predicted octanol–water partition coefficient (Wildman–Crippen LogP) is 3.73. The molecule has 0 saturated heterocycles. The number of nitrogens with zero attached hydrogens (tertiary/aromatic N) is 2. The van der Waals surface area contributed by atoms with E-state index in [2.05, 4.69) is 15.5 Å². The Morgan fingerprint density at radius 1 is 1.08 bits per heavy atom. The number of halogens is 2. The van der Waals surface area contributed by atoms with Crippen LogP contribution in [0.15, 0.2) is 48.5 Å². The molecule has 1 aromatic heterocycles. The summed E-state index contributed by atoms with van der Waals surface area (Å²) in [5.41, 5.74) is -0.0357. The molecular weight excluding hydrogens is 344 g/mol. The van der Waals surface area contributed by atoms with Gasteiger partial charge in [-0.3, -0.25) is 0 Å². The van der Waals surface area contributed by atoms with Crippen molar-refractivity contribution in [3.63, 3.8) is 0 Å². The van der Waals surface area contributed by atoms with Crippen molar-refractivity contribution in [2.24, 2.45) is 0 Å². The molecule has 0 radical (unpaired) electrons. The van der Waals surface area contributed by atoms with Crippen LogP contribution in [0, 0.1) is 11.6 Å². The van der Waals surface area contributed by atoms with Gasteiger partial charge in [0.05, 0.1) is 0 Å². The molecule has 3 rings (SSSR count). The van der Waals surface area contributed by atoms with E-state index in [1.54, 1.807) is 37.3 Å². The van der Waals surface area contributed by atoms with Crippen molar-refractivity contribution in [2.75, 3.05) is 11.9 Å².